The molecule has 0 aliphatic heterocycles. The third kappa shape index (κ3) is 7.67. The molecular weight excluding hydrogens is 319 g/mol. The number of halogens is 3. The lowest BCUT2D eigenvalue weighted by atomic mass is 10.3. The fourth-order valence-corrected chi connectivity index (χ4v) is 1.64. The summed E-state index contributed by atoms with van der Waals surface area (Å²) in [5, 5.41) is 8.29. The molecule has 0 bridgehead atoms. The minimum Gasteiger partial charge on any atom is -0.406 e. The smallest absolute Gasteiger partial charge is 0.406 e. The number of amides is 1. The highest BCUT2D eigenvalue weighted by atomic mass is 32.1. The second-order valence-electron chi connectivity index (χ2n) is 4.60. The van der Waals surface area contributed by atoms with Gasteiger partial charge in [0.05, 0.1) is 6.54 Å². The van der Waals surface area contributed by atoms with Crippen LogP contribution in [-0.2, 0) is 4.79 Å². The molecule has 0 aliphatic rings. The molecule has 0 saturated carbocycles. The maximum absolute atomic E-state index is 12.0. The molecule has 0 saturated heterocycles. The summed E-state index contributed by atoms with van der Waals surface area (Å²) in [7, 11) is 0. The number of carbonyl (C=O) groups excluding carboxylic acids is 1. The van der Waals surface area contributed by atoms with Crippen molar-refractivity contribution in [1.82, 2.24) is 10.6 Å². The maximum atomic E-state index is 12.0. The number of ether oxygens (including phenoxy) is 1. The third-order valence-electron chi connectivity index (χ3n) is 2.20. The van der Waals surface area contributed by atoms with Gasteiger partial charge in [-0.25, -0.2) is 0 Å². The number of benzene rings is 1. The average molecular weight is 335 g/mol. The van der Waals surface area contributed by atoms with Gasteiger partial charge in [-0.15, -0.1) is 13.2 Å². The molecule has 0 unspecified atom stereocenters. The minimum atomic E-state index is -4.73. The van der Waals surface area contributed by atoms with E-state index in [-0.39, 0.29) is 29.4 Å². The molecular formula is C13H16F3N3O2S. The number of hydrogen-bond acceptors (Lipinski definition) is 3. The van der Waals surface area contributed by atoms with Gasteiger partial charge in [0.2, 0.25) is 5.91 Å². The SMILES string of the molecule is CC(C)NC(=O)CNC(=S)Nc1ccc(OC(F)(F)F)cc1. The zero-order valence-corrected chi connectivity index (χ0v) is 12.8. The number of nitrogens with one attached hydrogen (secondary N) is 3. The van der Waals surface area contributed by atoms with Gasteiger partial charge in [-0.05, 0) is 50.3 Å². The second kappa shape index (κ2) is 7.83. The Hall–Kier alpha value is -2.03. The molecule has 3 N–H and O–H groups in total. The van der Waals surface area contributed by atoms with Crippen molar-refractivity contribution in [3.8, 4) is 5.75 Å². The van der Waals surface area contributed by atoms with E-state index in [4.69, 9.17) is 12.2 Å². The van der Waals surface area contributed by atoms with Crippen molar-refractivity contribution in [3.63, 3.8) is 0 Å². The van der Waals surface area contributed by atoms with Crippen LogP contribution < -0.4 is 20.7 Å². The van der Waals surface area contributed by atoms with Crippen molar-refractivity contribution in [2.45, 2.75) is 26.3 Å². The highest BCUT2D eigenvalue weighted by Gasteiger charge is 2.30. The van der Waals surface area contributed by atoms with E-state index >= 15 is 0 Å². The van der Waals surface area contributed by atoms with Crippen LogP contribution in [0.1, 0.15) is 13.8 Å². The summed E-state index contributed by atoms with van der Waals surface area (Å²) in [5.74, 6) is -0.540. The van der Waals surface area contributed by atoms with Crippen LogP contribution in [0.3, 0.4) is 0 Å². The van der Waals surface area contributed by atoms with Gasteiger partial charge in [-0.3, -0.25) is 4.79 Å². The fourth-order valence-electron chi connectivity index (χ4n) is 1.45. The van der Waals surface area contributed by atoms with Crippen molar-refractivity contribution in [2.75, 3.05) is 11.9 Å². The number of alkyl halides is 3. The van der Waals surface area contributed by atoms with E-state index in [0.29, 0.717) is 5.69 Å². The summed E-state index contributed by atoms with van der Waals surface area (Å²) in [6.07, 6.45) is -4.73. The number of thiocarbonyl (C=S) groups is 1. The topological polar surface area (TPSA) is 62.4 Å². The van der Waals surface area contributed by atoms with Crippen molar-refractivity contribution < 1.29 is 22.7 Å². The molecule has 22 heavy (non-hydrogen) atoms. The van der Waals surface area contributed by atoms with E-state index in [2.05, 4.69) is 20.7 Å². The Morgan fingerprint density at radius 2 is 1.86 bits per heavy atom. The summed E-state index contributed by atoms with van der Waals surface area (Å²) in [6.45, 7) is 3.66. The van der Waals surface area contributed by atoms with Gasteiger partial charge < -0.3 is 20.7 Å². The first-order chi connectivity index (χ1) is 10.2. The van der Waals surface area contributed by atoms with Crippen LogP contribution in [0.25, 0.3) is 0 Å². The number of hydrogen-bond donors (Lipinski definition) is 3. The van der Waals surface area contributed by atoms with E-state index in [1.54, 1.807) is 0 Å². The monoisotopic (exact) mass is 335 g/mol. The van der Waals surface area contributed by atoms with Crippen LogP contribution in [0, 0.1) is 0 Å². The fraction of sp³-hybridized carbons (Fsp3) is 0.385. The summed E-state index contributed by atoms with van der Waals surface area (Å²) < 4.78 is 39.8. The Morgan fingerprint density at radius 1 is 1.27 bits per heavy atom. The molecule has 0 heterocycles. The van der Waals surface area contributed by atoms with E-state index in [1.807, 2.05) is 13.8 Å². The molecule has 1 aromatic rings. The van der Waals surface area contributed by atoms with Gasteiger partial charge in [-0.2, -0.15) is 0 Å². The quantitative estimate of drug-likeness (QED) is 0.721. The average Bonchev–Trinajstić information content (AvgIpc) is 2.36. The van der Waals surface area contributed by atoms with E-state index in [9.17, 15) is 18.0 Å². The maximum Gasteiger partial charge on any atom is 0.573 e. The first kappa shape index (κ1) is 18.0. The number of carbonyl (C=O) groups is 1. The van der Waals surface area contributed by atoms with E-state index < -0.39 is 6.36 Å². The largest absolute Gasteiger partial charge is 0.573 e. The first-order valence-corrected chi connectivity index (χ1v) is 6.76. The first-order valence-electron chi connectivity index (χ1n) is 6.36. The Morgan fingerprint density at radius 3 is 2.36 bits per heavy atom. The van der Waals surface area contributed by atoms with Crippen molar-refractivity contribution >= 4 is 28.9 Å². The zero-order valence-electron chi connectivity index (χ0n) is 12.0. The van der Waals surface area contributed by atoms with E-state index in [0.717, 1.165) is 12.1 Å². The van der Waals surface area contributed by atoms with Crippen LogP contribution in [0.5, 0.6) is 5.75 Å². The molecule has 1 amide bonds. The summed E-state index contributed by atoms with van der Waals surface area (Å²) in [5.41, 5.74) is 0.469. The Balaban J connectivity index is 2.43. The molecule has 0 fully saturated rings. The molecule has 1 aromatic carbocycles. The second-order valence-corrected chi connectivity index (χ2v) is 5.01. The molecule has 5 nitrogen and oxygen atoms in total. The highest BCUT2D eigenvalue weighted by molar-refractivity contribution is 7.80. The Kier molecular flexibility index (Phi) is 6.41. The van der Waals surface area contributed by atoms with Gasteiger partial charge in [0.1, 0.15) is 5.75 Å². The molecule has 0 spiro atoms. The minimum absolute atomic E-state index is 0.000713. The lowest BCUT2D eigenvalue weighted by molar-refractivity contribution is -0.274. The van der Waals surface area contributed by atoms with Gasteiger partial charge in [0, 0.05) is 11.7 Å². The predicted molar refractivity (Wildman–Crippen MR) is 80.6 cm³/mol. The molecule has 0 aromatic heterocycles. The Bertz CT molecular complexity index is 518. The van der Waals surface area contributed by atoms with Gasteiger partial charge in [0.15, 0.2) is 5.11 Å². The molecule has 1 rings (SSSR count). The predicted octanol–water partition coefficient (Wildman–Crippen LogP) is 2.40. The molecule has 0 radical (unpaired) electrons. The number of anilines is 1. The van der Waals surface area contributed by atoms with Crippen LogP contribution in [0.4, 0.5) is 18.9 Å². The van der Waals surface area contributed by atoms with Gasteiger partial charge >= 0.3 is 6.36 Å². The lowest BCUT2D eigenvalue weighted by Crippen LogP contribution is -2.41. The van der Waals surface area contributed by atoms with Crippen LogP contribution in [0.2, 0.25) is 0 Å². The van der Waals surface area contributed by atoms with Gasteiger partial charge in [-0.1, -0.05) is 0 Å². The zero-order chi connectivity index (χ0) is 16.8. The summed E-state index contributed by atoms with van der Waals surface area (Å²) >= 11 is 4.98. The highest BCUT2D eigenvalue weighted by Crippen LogP contribution is 2.23. The summed E-state index contributed by atoms with van der Waals surface area (Å²) in [4.78, 5) is 11.4. The van der Waals surface area contributed by atoms with Crippen LogP contribution in [-0.4, -0.2) is 30.0 Å². The molecule has 0 atom stereocenters. The van der Waals surface area contributed by atoms with Crippen molar-refractivity contribution in [3.05, 3.63) is 24.3 Å². The van der Waals surface area contributed by atoms with Crippen LogP contribution >= 0.6 is 12.2 Å². The lowest BCUT2D eigenvalue weighted by Gasteiger charge is -2.13. The van der Waals surface area contributed by atoms with Crippen LogP contribution in [0.15, 0.2) is 24.3 Å². The summed E-state index contributed by atoms with van der Waals surface area (Å²) in [6, 6.07) is 5.09. The molecule has 0 aliphatic carbocycles. The Labute approximate surface area is 131 Å². The van der Waals surface area contributed by atoms with Gasteiger partial charge in [0.25, 0.3) is 0 Å². The third-order valence-corrected chi connectivity index (χ3v) is 2.45. The molecule has 9 heteroatoms. The van der Waals surface area contributed by atoms with E-state index in [1.165, 1.54) is 12.1 Å². The molecule has 122 valence electrons. The normalized spacial score (nSPS) is 11.0. The standard InChI is InChI=1S/C13H16F3N3O2S/c1-8(2)18-11(20)7-17-12(22)19-9-3-5-10(6-4-9)21-13(14,15)16/h3-6,8H,7H2,1-2H3,(H,18,20)(H2,17,19,22). The van der Waals surface area contributed by atoms with Crippen molar-refractivity contribution in [2.24, 2.45) is 0 Å². The van der Waals surface area contributed by atoms with Crippen molar-refractivity contribution in [1.29, 1.82) is 0 Å². The number of rotatable bonds is 5.